The van der Waals surface area contributed by atoms with Gasteiger partial charge in [-0.05, 0) is 18.1 Å². The Bertz CT molecular complexity index is 683. The quantitative estimate of drug-likeness (QED) is 0.826. The van der Waals surface area contributed by atoms with Crippen molar-refractivity contribution in [3.05, 3.63) is 30.3 Å². The first kappa shape index (κ1) is 16.6. The molecule has 8 heteroatoms. The van der Waals surface area contributed by atoms with Crippen LogP contribution in [0.15, 0.2) is 30.3 Å². The summed E-state index contributed by atoms with van der Waals surface area (Å²) in [7, 11) is 0. The molecule has 0 fully saturated rings. The van der Waals surface area contributed by atoms with Crippen molar-refractivity contribution in [2.45, 2.75) is 32.9 Å². The second-order valence-electron chi connectivity index (χ2n) is 5.54. The predicted molar refractivity (Wildman–Crippen MR) is 82.4 cm³/mol. The fourth-order valence-corrected chi connectivity index (χ4v) is 1.98. The highest BCUT2D eigenvalue weighted by atomic mass is 16.4. The Morgan fingerprint density at radius 3 is 2.39 bits per heavy atom. The lowest BCUT2D eigenvalue weighted by molar-refractivity contribution is -0.143. The molecule has 0 saturated heterocycles. The molecule has 1 amide bonds. The van der Waals surface area contributed by atoms with Crippen LogP contribution >= 0.6 is 0 Å². The van der Waals surface area contributed by atoms with Crippen LogP contribution in [0.4, 0.5) is 0 Å². The molecule has 1 aromatic carbocycles. The molecule has 0 aliphatic rings. The van der Waals surface area contributed by atoms with Gasteiger partial charge in [0.1, 0.15) is 12.1 Å². The minimum absolute atomic E-state index is 0.229. The summed E-state index contributed by atoms with van der Waals surface area (Å²) < 4.78 is 0. The summed E-state index contributed by atoms with van der Waals surface area (Å²) in [5, 5.41) is 23.6. The highest BCUT2D eigenvalue weighted by Crippen LogP contribution is 2.14. The van der Waals surface area contributed by atoms with E-state index in [9.17, 15) is 9.59 Å². The standard InChI is InChI=1S/C15H19N5O3/c1-9(2)12(15(22)23)16-14(21)10(3)20-18-13(17-19-20)11-7-5-4-6-8-11/h4-10,12H,1-3H3,(H,16,21)(H,22,23)/t10?,12-/m0/s1. The van der Waals surface area contributed by atoms with E-state index in [4.69, 9.17) is 5.11 Å². The Kier molecular flexibility index (Phi) is 5.05. The van der Waals surface area contributed by atoms with Gasteiger partial charge in [0.25, 0.3) is 0 Å². The first-order chi connectivity index (χ1) is 10.9. The van der Waals surface area contributed by atoms with Gasteiger partial charge in [-0.1, -0.05) is 44.2 Å². The average molecular weight is 317 g/mol. The number of carbonyl (C=O) groups excluding carboxylic acids is 1. The zero-order valence-corrected chi connectivity index (χ0v) is 13.2. The van der Waals surface area contributed by atoms with Gasteiger partial charge >= 0.3 is 5.97 Å². The minimum Gasteiger partial charge on any atom is -0.480 e. The van der Waals surface area contributed by atoms with Crippen molar-refractivity contribution < 1.29 is 14.7 Å². The van der Waals surface area contributed by atoms with Gasteiger partial charge in [0.2, 0.25) is 11.7 Å². The lowest BCUT2D eigenvalue weighted by atomic mass is 10.0. The molecule has 0 spiro atoms. The first-order valence-corrected chi connectivity index (χ1v) is 7.28. The van der Waals surface area contributed by atoms with Crippen molar-refractivity contribution in [3.8, 4) is 11.4 Å². The Morgan fingerprint density at radius 2 is 1.83 bits per heavy atom. The molecule has 1 aromatic heterocycles. The molecule has 0 radical (unpaired) electrons. The van der Waals surface area contributed by atoms with Gasteiger partial charge in [-0.15, -0.1) is 10.2 Å². The summed E-state index contributed by atoms with van der Waals surface area (Å²) >= 11 is 0. The highest BCUT2D eigenvalue weighted by Gasteiger charge is 2.27. The number of nitrogens with one attached hydrogen (secondary N) is 1. The zero-order valence-electron chi connectivity index (χ0n) is 13.2. The van der Waals surface area contributed by atoms with Crippen molar-refractivity contribution in [1.29, 1.82) is 0 Å². The van der Waals surface area contributed by atoms with Crippen LogP contribution in [-0.2, 0) is 9.59 Å². The third kappa shape index (κ3) is 3.91. The maximum absolute atomic E-state index is 12.2. The molecule has 0 aliphatic heterocycles. The van der Waals surface area contributed by atoms with E-state index >= 15 is 0 Å². The van der Waals surface area contributed by atoms with Gasteiger partial charge in [-0.25, -0.2) is 4.79 Å². The van der Waals surface area contributed by atoms with Crippen molar-refractivity contribution in [2.24, 2.45) is 5.92 Å². The van der Waals surface area contributed by atoms with E-state index in [-0.39, 0.29) is 5.92 Å². The lowest BCUT2D eigenvalue weighted by Crippen LogP contribution is -2.46. The summed E-state index contributed by atoms with van der Waals surface area (Å²) in [5.74, 6) is -1.36. The monoisotopic (exact) mass is 317 g/mol. The molecule has 8 nitrogen and oxygen atoms in total. The third-order valence-electron chi connectivity index (χ3n) is 3.42. The molecule has 2 N–H and O–H groups in total. The number of hydrogen-bond acceptors (Lipinski definition) is 5. The predicted octanol–water partition coefficient (Wildman–Crippen LogP) is 1.13. The van der Waals surface area contributed by atoms with Crippen LogP contribution in [0.2, 0.25) is 0 Å². The SMILES string of the molecule is CC(C)[C@H](NC(=O)C(C)n1nnc(-c2ccccc2)n1)C(=O)O. The molecule has 0 saturated carbocycles. The maximum Gasteiger partial charge on any atom is 0.326 e. The molecule has 2 aromatic rings. The summed E-state index contributed by atoms with van der Waals surface area (Å²) in [6.07, 6.45) is 0. The molecule has 2 atom stereocenters. The van der Waals surface area contributed by atoms with Gasteiger partial charge in [-0.2, -0.15) is 4.80 Å². The summed E-state index contributed by atoms with van der Waals surface area (Å²) in [6.45, 7) is 5.04. The fraction of sp³-hybridized carbons (Fsp3) is 0.400. The van der Waals surface area contributed by atoms with Gasteiger partial charge in [-0.3, -0.25) is 4.79 Å². The number of nitrogens with zero attached hydrogens (tertiary/aromatic N) is 4. The second kappa shape index (κ2) is 6.99. The van der Waals surface area contributed by atoms with Crippen LogP contribution in [0.25, 0.3) is 11.4 Å². The summed E-state index contributed by atoms with van der Waals surface area (Å²) in [4.78, 5) is 24.5. The van der Waals surface area contributed by atoms with Crippen LogP contribution in [0.5, 0.6) is 0 Å². The van der Waals surface area contributed by atoms with Crippen LogP contribution < -0.4 is 5.32 Å². The number of carboxylic acids is 1. The van der Waals surface area contributed by atoms with E-state index in [0.29, 0.717) is 5.82 Å². The van der Waals surface area contributed by atoms with Crippen LogP contribution in [0.3, 0.4) is 0 Å². The van der Waals surface area contributed by atoms with E-state index in [1.807, 2.05) is 30.3 Å². The number of carbonyl (C=O) groups is 2. The largest absolute Gasteiger partial charge is 0.480 e. The maximum atomic E-state index is 12.2. The Morgan fingerprint density at radius 1 is 1.17 bits per heavy atom. The number of rotatable bonds is 6. The normalized spacial score (nSPS) is 13.6. The number of benzene rings is 1. The Balaban J connectivity index is 2.11. The Hall–Kier alpha value is -2.77. The van der Waals surface area contributed by atoms with E-state index in [0.717, 1.165) is 5.56 Å². The van der Waals surface area contributed by atoms with Gasteiger partial charge < -0.3 is 10.4 Å². The minimum atomic E-state index is -1.07. The number of aliphatic carboxylic acids is 1. The molecular weight excluding hydrogens is 298 g/mol. The number of tetrazole rings is 1. The summed E-state index contributed by atoms with van der Waals surface area (Å²) in [6, 6.07) is 7.54. The number of carboxylic acid groups (broad SMARTS) is 1. The molecule has 1 heterocycles. The van der Waals surface area contributed by atoms with E-state index in [1.165, 1.54) is 4.80 Å². The number of amides is 1. The smallest absolute Gasteiger partial charge is 0.326 e. The molecule has 23 heavy (non-hydrogen) atoms. The summed E-state index contributed by atoms with van der Waals surface area (Å²) in [5.41, 5.74) is 0.789. The van der Waals surface area contributed by atoms with E-state index < -0.39 is 24.0 Å². The number of aromatic nitrogens is 4. The van der Waals surface area contributed by atoms with Crippen LogP contribution in [-0.4, -0.2) is 43.2 Å². The number of hydrogen-bond donors (Lipinski definition) is 2. The van der Waals surface area contributed by atoms with Crippen molar-refractivity contribution >= 4 is 11.9 Å². The van der Waals surface area contributed by atoms with Gasteiger partial charge in [0, 0.05) is 5.56 Å². The van der Waals surface area contributed by atoms with E-state index in [1.54, 1.807) is 20.8 Å². The Labute approximate surface area is 133 Å². The topological polar surface area (TPSA) is 110 Å². The fourth-order valence-electron chi connectivity index (χ4n) is 1.98. The highest BCUT2D eigenvalue weighted by molar-refractivity contribution is 5.85. The third-order valence-corrected chi connectivity index (χ3v) is 3.42. The first-order valence-electron chi connectivity index (χ1n) is 7.28. The molecule has 1 unspecified atom stereocenters. The van der Waals surface area contributed by atoms with Crippen molar-refractivity contribution in [1.82, 2.24) is 25.5 Å². The van der Waals surface area contributed by atoms with Crippen molar-refractivity contribution in [2.75, 3.05) is 0 Å². The molecule has 0 bridgehead atoms. The molecule has 0 aliphatic carbocycles. The lowest BCUT2D eigenvalue weighted by Gasteiger charge is -2.19. The van der Waals surface area contributed by atoms with Crippen molar-refractivity contribution in [3.63, 3.8) is 0 Å². The molecule has 122 valence electrons. The van der Waals surface area contributed by atoms with Crippen LogP contribution in [0.1, 0.15) is 26.8 Å². The second-order valence-corrected chi connectivity index (χ2v) is 5.54. The van der Waals surface area contributed by atoms with Gasteiger partial charge in [0.05, 0.1) is 0 Å². The average Bonchev–Trinajstić information content (AvgIpc) is 3.01. The molecule has 2 rings (SSSR count). The van der Waals surface area contributed by atoms with Gasteiger partial charge in [0.15, 0.2) is 0 Å². The molecular formula is C15H19N5O3. The zero-order chi connectivity index (χ0) is 17.0. The van der Waals surface area contributed by atoms with Crippen LogP contribution in [0, 0.1) is 5.92 Å². The van der Waals surface area contributed by atoms with E-state index in [2.05, 4.69) is 20.7 Å².